The van der Waals surface area contributed by atoms with Gasteiger partial charge in [-0.25, -0.2) is 0 Å². The molecule has 1 heterocycles. The van der Waals surface area contributed by atoms with E-state index in [4.69, 9.17) is 5.73 Å². The van der Waals surface area contributed by atoms with Crippen molar-refractivity contribution >= 4 is 17.0 Å². The Morgan fingerprint density at radius 1 is 1.20 bits per heavy atom. The van der Waals surface area contributed by atoms with Crippen molar-refractivity contribution in [2.24, 2.45) is 5.73 Å². The van der Waals surface area contributed by atoms with E-state index >= 15 is 0 Å². The van der Waals surface area contributed by atoms with Gasteiger partial charge in [0.2, 0.25) is 0 Å². The largest absolute Gasteiger partial charge is 0.367 e. The van der Waals surface area contributed by atoms with Gasteiger partial charge in [-0.1, -0.05) is 25.1 Å². The third-order valence-corrected chi connectivity index (χ3v) is 4.94. The van der Waals surface area contributed by atoms with Gasteiger partial charge in [-0.15, -0.1) is 11.3 Å². The van der Waals surface area contributed by atoms with Crippen molar-refractivity contribution in [2.75, 3.05) is 11.9 Å². The zero-order chi connectivity index (χ0) is 14.5. The summed E-state index contributed by atoms with van der Waals surface area (Å²) in [6.45, 7) is 4.38. The molecule has 0 fully saturated rings. The Hall–Kier alpha value is -1.32. The summed E-state index contributed by atoms with van der Waals surface area (Å²) < 4.78 is 0. The molecule has 2 atom stereocenters. The average molecular weight is 288 g/mol. The molecule has 2 N–H and O–H groups in total. The number of rotatable bonds is 6. The lowest BCUT2D eigenvalue weighted by Crippen LogP contribution is -2.22. The van der Waals surface area contributed by atoms with E-state index in [9.17, 15) is 0 Å². The Bertz CT molecular complexity index is 504. The quantitative estimate of drug-likeness (QED) is 0.862. The maximum atomic E-state index is 6.01. The van der Waals surface area contributed by atoms with Crippen LogP contribution in [0.1, 0.15) is 36.8 Å². The predicted molar refractivity (Wildman–Crippen MR) is 89.5 cm³/mol. The minimum Gasteiger partial charge on any atom is -0.367 e. The van der Waals surface area contributed by atoms with E-state index in [0.717, 1.165) is 12.8 Å². The van der Waals surface area contributed by atoms with Gasteiger partial charge in [-0.05, 0) is 48.9 Å². The molecule has 0 aliphatic heterocycles. The first kappa shape index (κ1) is 15.1. The summed E-state index contributed by atoms with van der Waals surface area (Å²) in [5.74, 6) is 0. The van der Waals surface area contributed by atoms with Gasteiger partial charge in [0.1, 0.15) is 0 Å². The molecular weight excluding hydrogens is 264 g/mol. The molecule has 0 bridgehead atoms. The number of nitrogens with two attached hydrogens (primary N) is 1. The molecule has 1 aromatic heterocycles. The van der Waals surface area contributed by atoms with Gasteiger partial charge in [0.05, 0.1) is 6.04 Å². The highest BCUT2D eigenvalue weighted by Gasteiger charge is 2.13. The van der Waals surface area contributed by atoms with Crippen molar-refractivity contribution in [1.82, 2.24) is 0 Å². The van der Waals surface area contributed by atoms with Gasteiger partial charge >= 0.3 is 0 Å². The van der Waals surface area contributed by atoms with Crippen molar-refractivity contribution in [1.29, 1.82) is 0 Å². The number of hydrogen-bond donors (Lipinski definition) is 1. The van der Waals surface area contributed by atoms with Gasteiger partial charge in [0, 0.05) is 23.7 Å². The molecule has 0 saturated heterocycles. The third kappa shape index (κ3) is 3.62. The van der Waals surface area contributed by atoms with E-state index in [2.05, 4.69) is 67.6 Å². The first-order valence-corrected chi connectivity index (χ1v) is 8.10. The Morgan fingerprint density at radius 2 is 1.90 bits per heavy atom. The van der Waals surface area contributed by atoms with E-state index in [-0.39, 0.29) is 6.04 Å². The zero-order valence-corrected chi connectivity index (χ0v) is 13.4. The van der Waals surface area contributed by atoms with Crippen molar-refractivity contribution in [3.8, 4) is 0 Å². The molecule has 0 spiro atoms. The molecule has 108 valence electrons. The van der Waals surface area contributed by atoms with Crippen LogP contribution in [0.25, 0.3) is 0 Å². The predicted octanol–water partition coefficient (Wildman–Crippen LogP) is 4.23. The summed E-state index contributed by atoms with van der Waals surface area (Å²) in [5, 5.41) is 2.13. The van der Waals surface area contributed by atoms with Crippen LogP contribution in [-0.4, -0.2) is 13.1 Å². The van der Waals surface area contributed by atoms with E-state index < -0.39 is 0 Å². The summed E-state index contributed by atoms with van der Waals surface area (Å²) in [6.07, 6.45) is 1.98. The summed E-state index contributed by atoms with van der Waals surface area (Å²) in [5.41, 5.74) is 8.58. The second-order valence-electron chi connectivity index (χ2n) is 5.34. The summed E-state index contributed by atoms with van der Waals surface area (Å²) in [6, 6.07) is 13.8. The smallest absolute Gasteiger partial charge is 0.0603 e. The van der Waals surface area contributed by atoms with Gasteiger partial charge in [-0.2, -0.15) is 0 Å². The van der Waals surface area contributed by atoms with Crippen molar-refractivity contribution in [2.45, 2.75) is 38.8 Å². The van der Waals surface area contributed by atoms with Crippen LogP contribution in [0.3, 0.4) is 0 Å². The highest BCUT2D eigenvalue weighted by molar-refractivity contribution is 7.10. The lowest BCUT2D eigenvalue weighted by atomic mass is 10.0. The van der Waals surface area contributed by atoms with Gasteiger partial charge < -0.3 is 10.6 Å². The fraction of sp³-hybridized carbons (Fsp3) is 0.412. The molecule has 0 aliphatic carbocycles. The van der Waals surface area contributed by atoms with Crippen LogP contribution in [0.5, 0.6) is 0 Å². The summed E-state index contributed by atoms with van der Waals surface area (Å²) >= 11 is 1.81. The molecule has 0 amide bonds. The van der Waals surface area contributed by atoms with Gasteiger partial charge in [0.15, 0.2) is 0 Å². The van der Waals surface area contributed by atoms with Crippen LogP contribution < -0.4 is 10.6 Å². The van der Waals surface area contributed by atoms with Crippen molar-refractivity contribution < 1.29 is 0 Å². The van der Waals surface area contributed by atoms with Crippen LogP contribution >= 0.6 is 11.3 Å². The fourth-order valence-electron chi connectivity index (χ4n) is 2.26. The number of hydrogen-bond acceptors (Lipinski definition) is 3. The first-order valence-electron chi connectivity index (χ1n) is 7.22. The normalized spacial score (nSPS) is 14.0. The first-order chi connectivity index (χ1) is 9.61. The number of nitrogens with zero attached hydrogens (tertiary/aromatic N) is 1. The molecule has 0 saturated carbocycles. The SMILES string of the molecule is CCC(N)Cc1ccc(N(C)C(C)c2cccs2)cc1. The second kappa shape index (κ2) is 6.91. The monoisotopic (exact) mass is 288 g/mol. The highest BCUT2D eigenvalue weighted by Crippen LogP contribution is 2.28. The minimum absolute atomic E-state index is 0.267. The van der Waals surface area contributed by atoms with Crippen LogP contribution in [0.2, 0.25) is 0 Å². The summed E-state index contributed by atoms with van der Waals surface area (Å²) in [7, 11) is 2.15. The molecule has 2 aromatic rings. The fourth-order valence-corrected chi connectivity index (χ4v) is 3.08. The van der Waals surface area contributed by atoms with Crippen molar-refractivity contribution in [3.63, 3.8) is 0 Å². The summed E-state index contributed by atoms with van der Waals surface area (Å²) in [4.78, 5) is 3.71. The molecule has 3 heteroatoms. The third-order valence-electron chi connectivity index (χ3n) is 3.90. The molecule has 20 heavy (non-hydrogen) atoms. The minimum atomic E-state index is 0.267. The molecule has 0 aliphatic rings. The standard InChI is InChI=1S/C17H24N2S/c1-4-15(18)12-14-7-9-16(10-8-14)19(3)13(2)17-6-5-11-20-17/h5-11,13,15H,4,12,18H2,1-3H3. The molecule has 0 radical (unpaired) electrons. The lowest BCUT2D eigenvalue weighted by Gasteiger charge is -2.26. The number of thiophene rings is 1. The van der Waals surface area contributed by atoms with E-state index in [1.54, 1.807) is 0 Å². The Balaban J connectivity index is 2.05. The topological polar surface area (TPSA) is 29.3 Å². The zero-order valence-electron chi connectivity index (χ0n) is 12.5. The molecular formula is C17H24N2S. The number of anilines is 1. The Labute approximate surface area is 126 Å². The van der Waals surface area contributed by atoms with Crippen LogP contribution in [0, 0.1) is 0 Å². The van der Waals surface area contributed by atoms with E-state index in [0.29, 0.717) is 6.04 Å². The highest BCUT2D eigenvalue weighted by atomic mass is 32.1. The maximum Gasteiger partial charge on any atom is 0.0603 e. The van der Waals surface area contributed by atoms with Crippen LogP contribution in [0.15, 0.2) is 41.8 Å². The lowest BCUT2D eigenvalue weighted by molar-refractivity contribution is 0.646. The van der Waals surface area contributed by atoms with Gasteiger partial charge in [-0.3, -0.25) is 0 Å². The molecule has 2 unspecified atom stereocenters. The maximum absolute atomic E-state index is 6.01. The van der Waals surface area contributed by atoms with E-state index in [1.165, 1.54) is 16.1 Å². The van der Waals surface area contributed by atoms with Crippen LogP contribution in [-0.2, 0) is 6.42 Å². The Kier molecular flexibility index (Phi) is 5.21. The Morgan fingerprint density at radius 3 is 2.45 bits per heavy atom. The van der Waals surface area contributed by atoms with Crippen molar-refractivity contribution in [3.05, 3.63) is 52.2 Å². The molecule has 2 nitrogen and oxygen atoms in total. The second-order valence-corrected chi connectivity index (χ2v) is 6.32. The van der Waals surface area contributed by atoms with Crippen LogP contribution in [0.4, 0.5) is 5.69 Å². The van der Waals surface area contributed by atoms with Gasteiger partial charge in [0.25, 0.3) is 0 Å². The number of benzene rings is 1. The molecule has 2 rings (SSSR count). The van der Waals surface area contributed by atoms with E-state index in [1.807, 2.05) is 11.3 Å². The average Bonchev–Trinajstić information content (AvgIpc) is 3.00. The molecule has 1 aromatic carbocycles.